The molecule has 0 aliphatic rings. The molecule has 0 amide bonds. The van der Waals surface area contributed by atoms with E-state index in [2.05, 4.69) is 146 Å². The van der Waals surface area contributed by atoms with Crippen molar-refractivity contribution >= 4 is 64.6 Å². The Balaban J connectivity index is 1.41. The fourth-order valence-electron chi connectivity index (χ4n) is 7.22. The molecule has 9 aromatic rings. The standard InChI is InChI=1S/C41H26/c1-25-33-13-4-5-14-35(33)40(32-19-16-26-8-2-3-9-29(26)22-32)38-23-30(20-21-34(25)38)37-24-31-12-6-10-27-17-18-28-11-7-15-36(37)41(28)39(27)31/h2-24H,1H3. The van der Waals surface area contributed by atoms with Gasteiger partial charge >= 0.3 is 0 Å². The highest BCUT2D eigenvalue weighted by Gasteiger charge is 2.17. The Labute approximate surface area is 238 Å². The fraction of sp³-hybridized carbons (Fsp3) is 0.0244. The lowest BCUT2D eigenvalue weighted by molar-refractivity contribution is 1.57. The van der Waals surface area contributed by atoms with Crippen molar-refractivity contribution in [2.45, 2.75) is 6.92 Å². The van der Waals surface area contributed by atoms with Crippen LogP contribution in [0.3, 0.4) is 0 Å². The largest absolute Gasteiger partial charge is 0.0616 e. The summed E-state index contributed by atoms with van der Waals surface area (Å²) in [6, 6.07) is 51.9. The minimum Gasteiger partial charge on any atom is -0.0616 e. The van der Waals surface area contributed by atoms with Crippen LogP contribution in [-0.2, 0) is 0 Å². The maximum absolute atomic E-state index is 2.44. The van der Waals surface area contributed by atoms with Crippen LogP contribution in [-0.4, -0.2) is 0 Å². The van der Waals surface area contributed by atoms with Gasteiger partial charge in [0.05, 0.1) is 0 Å². The van der Waals surface area contributed by atoms with Crippen LogP contribution >= 0.6 is 0 Å². The number of hydrogen-bond acceptors (Lipinski definition) is 0. The maximum atomic E-state index is 2.44. The summed E-state index contributed by atoms with van der Waals surface area (Å²) in [5, 5.41) is 15.7. The molecule has 0 saturated heterocycles. The Kier molecular flexibility index (Phi) is 4.63. The summed E-state index contributed by atoms with van der Waals surface area (Å²) in [6.45, 7) is 2.27. The molecule has 0 radical (unpaired) electrons. The third-order valence-corrected chi connectivity index (χ3v) is 9.15. The highest BCUT2D eigenvalue weighted by Crippen LogP contribution is 2.44. The summed E-state index contributed by atoms with van der Waals surface area (Å²) in [6.07, 6.45) is 0. The van der Waals surface area contributed by atoms with Gasteiger partial charge < -0.3 is 0 Å². The third kappa shape index (κ3) is 3.22. The predicted molar refractivity (Wildman–Crippen MR) is 178 cm³/mol. The van der Waals surface area contributed by atoms with Crippen LogP contribution in [0.4, 0.5) is 0 Å². The van der Waals surface area contributed by atoms with E-state index in [1.165, 1.54) is 92.5 Å². The zero-order valence-electron chi connectivity index (χ0n) is 22.8. The number of benzene rings is 9. The summed E-state index contributed by atoms with van der Waals surface area (Å²) in [7, 11) is 0. The van der Waals surface area contributed by atoms with Crippen LogP contribution in [0.5, 0.6) is 0 Å². The van der Waals surface area contributed by atoms with Gasteiger partial charge in [-0.05, 0) is 118 Å². The SMILES string of the molecule is Cc1c2ccccc2c(-c2ccc3ccccc3c2)c2cc(-c3cc4cccc5ccc6cccc3c6c54)ccc12. The van der Waals surface area contributed by atoms with Crippen molar-refractivity contribution in [3.63, 3.8) is 0 Å². The zero-order valence-corrected chi connectivity index (χ0v) is 22.8. The fourth-order valence-corrected chi connectivity index (χ4v) is 7.22. The zero-order chi connectivity index (χ0) is 27.1. The van der Waals surface area contributed by atoms with E-state index < -0.39 is 0 Å². The number of rotatable bonds is 2. The van der Waals surface area contributed by atoms with E-state index in [0.717, 1.165) is 0 Å². The molecule has 190 valence electrons. The molecule has 9 aromatic carbocycles. The van der Waals surface area contributed by atoms with Crippen molar-refractivity contribution < 1.29 is 0 Å². The summed E-state index contributed by atoms with van der Waals surface area (Å²) in [5.74, 6) is 0. The molecule has 0 heteroatoms. The first-order chi connectivity index (χ1) is 20.2. The Hall–Kier alpha value is -5.20. The van der Waals surface area contributed by atoms with Gasteiger partial charge in [-0.1, -0.05) is 121 Å². The lowest BCUT2D eigenvalue weighted by Gasteiger charge is -2.18. The molecular weight excluding hydrogens is 492 g/mol. The first-order valence-corrected chi connectivity index (χ1v) is 14.4. The summed E-state index contributed by atoms with van der Waals surface area (Å²) < 4.78 is 0. The normalized spacial score (nSPS) is 12.0. The number of fused-ring (bicyclic) bond motifs is 3. The van der Waals surface area contributed by atoms with E-state index in [1.54, 1.807) is 0 Å². The molecule has 0 N–H and O–H groups in total. The first kappa shape index (κ1) is 22.6. The van der Waals surface area contributed by atoms with Crippen molar-refractivity contribution in [1.29, 1.82) is 0 Å². The molecule has 0 aliphatic carbocycles. The Morgan fingerprint density at radius 1 is 0.341 bits per heavy atom. The molecule has 0 nitrogen and oxygen atoms in total. The Morgan fingerprint density at radius 3 is 1.83 bits per heavy atom. The van der Waals surface area contributed by atoms with Crippen LogP contribution in [0, 0.1) is 6.92 Å². The van der Waals surface area contributed by atoms with Gasteiger partial charge in [0.15, 0.2) is 0 Å². The van der Waals surface area contributed by atoms with Crippen LogP contribution in [0.15, 0.2) is 140 Å². The molecule has 0 unspecified atom stereocenters. The minimum atomic E-state index is 1.26. The molecule has 0 fully saturated rings. The van der Waals surface area contributed by atoms with Crippen LogP contribution < -0.4 is 0 Å². The highest BCUT2D eigenvalue weighted by molar-refractivity contribution is 6.26. The monoisotopic (exact) mass is 518 g/mol. The molecule has 0 saturated carbocycles. The summed E-state index contributed by atoms with van der Waals surface area (Å²) >= 11 is 0. The second kappa shape index (κ2) is 8.40. The molecule has 0 aromatic heterocycles. The molecule has 0 aliphatic heterocycles. The Bertz CT molecular complexity index is 2480. The maximum Gasteiger partial charge on any atom is -0.00206 e. The van der Waals surface area contributed by atoms with Crippen molar-refractivity contribution in [1.82, 2.24) is 0 Å². The van der Waals surface area contributed by atoms with Crippen molar-refractivity contribution in [2.75, 3.05) is 0 Å². The summed E-state index contributed by atoms with van der Waals surface area (Å²) in [4.78, 5) is 0. The minimum absolute atomic E-state index is 1.26. The van der Waals surface area contributed by atoms with E-state index >= 15 is 0 Å². The molecule has 9 rings (SSSR count). The van der Waals surface area contributed by atoms with Gasteiger partial charge in [-0.2, -0.15) is 0 Å². The third-order valence-electron chi connectivity index (χ3n) is 9.15. The average molecular weight is 519 g/mol. The second-order valence-electron chi connectivity index (χ2n) is 11.3. The van der Waals surface area contributed by atoms with E-state index in [9.17, 15) is 0 Å². The smallest absolute Gasteiger partial charge is 0.00206 e. The van der Waals surface area contributed by atoms with Crippen molar-refractivity contribution in [3.8, 4) is 22.3 Å². The van der Waals surface area contributed by atoms with Crippen molar-refractivity contribution in [2.24, 2.45) is 0 Å². The van der Waals surface area contributed by atoms with Crippen LogP contribution in [0.2, 0.25) is 0 Å². The van der Waals surface area contributed by atoms with Gasteiger partial charge in [-0.3, -0.25) is 0 Å². The van der Waals surface area contributed by atoms with Gasteiger partial charge in [0, 0.05) is 0 Å². The molecule has 0 heterocycles. The van der Waals surface area contributed by atoms with Crippen LogP contribution in [0.25, 0.3) is 86.9 Å². The molecule has 41 heavy (non-hydrogen) atoms. The molecule has 0 spiro atoms. The van der Waals surface area contributed by atoms with Gasteiger partial charge in [0.25, 0.3) is 0 Å². The lowest BCUT2D eigenvalue weighted by atomic mass is 9.85. The highest BCUT2D eigenvalue weighted by atomic mass is 14.2. The topological polar surface area (TPSA) is 0 Å². The van der Waals surface area contributed by atoms with E-state index in [-0.39, 0.29) is 0 Å². The Morgan fingerprint density at radius 2 is 0.951 bits per heavy atom. The quantitative estimate of drug-likeness (QED) is 0.158. The van der Waals surface area contributed by atoms with E-state index in [0.29, 0.717) is 0 Å². The van der Waals surface area contributed by atoms with Gasteiger partial charge in [0.2, 0.25) is 0 Å². The average Bonchev–Trinajstić information content (AvgIpc) is 3.03. The number of hydrogen-bond donors (Lipinski definition) is 0. The molecule has 0 atom stereocenters. The van der Waals surface area contributed by atoms with E-state index in [1.807, 2.05) is 0 Å². The molecule has 0 bridgehead atoms. The van der Waals surface area contributed by atoms with E-state index in [4.69, 9.17) is 0 Å². The lowest BCUT2D eigenvalue weighted by Crippen LogP contribution is -1.92. The number of aryl methyl sites for hydroxylation is 1. The van der Waals surface area contributed by atoms with Crippen molar-refractivity contribution in [3.05, 3.63) is 145 Å². The van der Waals surface area contributed by atoms with Gasteiger partial charge in [-0.15, -0.1) is 0 Å². The summed E-state index contributed by atoms with van der Waals surface area (Å²) in [5.41, 5.74) is 6.46. The first-order valence-electron chi connectivity index (χ1n) is 14.4. The van der Waals surface area contributed by atoms with Gasteiger partial charge in [-0.25, -0.2) is 0 Å². The second-order valence-corrected chi connectivity index (χ2v) is 11.3. The molecular formula is C41H26. The van der Waals surface area contributed by atoms with Crippen LogP contribution in [0.1, 0.15) is 5.56 Å². The predicted octanol–water partition coefficient (Wildman–Crippen LogP) is 11.7. The van der Waals surface area contributed by atoms with Gasteiger partial charge in [0.1, 0.15) is 0 Å².